The van der Waals surface area contributed by atoms with Crippen LogP contribution in [0.4, 0.5) is 18.9 Å². The van der Waals surface area contributed by atoms with Gasteiger partial charge in [0.2, 0.25) is 0 Å². The van der Waals surface area contributed by atoms with Crippen molar-refractivity contribution in [3.05, 3.63) is 47.3 Å². The fraction of sp³-hybridized carbons (Fsp3) is 0.583. The molecule has 1 aromatic carbocycles. The first-order valence-corrected chi connectivity index (χ1v) is 14.4. The lowest BCUT2D eigenvalue weighted by atomic mass is 9.95. The second kappa shape index (κ2) is 9.78. The Kier molecular flexibility index (Phi) is 7.10. The number of piperazine rings is 1. The maximum absolute atomic E-state index is 13.3. The molecule has 0 radical (unpaired) electrons. The van der Waals surface area contributed by atoms with Crippen LogP contribution in [0.25, 0.3) is 0 Å². The number of ether oxygens (including phenoxy) is 1. The summed E-state index contributed by atoms with van der Waals surface area (Å²) in [6, 6.07) is 8.38. The lowest BCUT2D eigenvalue weighted by Gasteiger charge is -2.46. The summed E-state index contributed by atoms with van der Waals surface area (Å²) < 4.78 is 73.9. The van der Waals surface area contributed by atoms with Gasteiger partial charge in [0.15, 0.2) is 5.60 Å². The Labute approximate surface area is 217 Å². The van der Waals surface area contributed by atoms with Crippen molar-refractivity contribution in [3.8, 4) is 0 Å². The zero-order valence-corrected chi connectivity index (χ0v) is 21.8. The summed E-state index contributed by atoms with van der Waals surface area (Å²) in [6.07, 6.45) is -4.77. The maximum Gasteiger partial charge on any atom is 0.421 e. The monoisotopic (exact) mass is 561 g/mol. The van der Waals surface area contributed by atoms with Crippen LogP contribution in [0.15, 0.2) is 46.0 Å². The molecule has 37 heavy (non-hydrogen) atoms. The minimum absolute atomic E-state index is 0.0177. The highest BCUT2D eigenvalue weighted by Gasteiger charge is 2.51. The molecule has 0 aliphatic carbocycles. The quantitative estimate of drug-likeness (QED) is 0.559. The van der Waals surface area contributed by atoms with E-state index in [4.69, 9.17) is 4.74 Å². The Morgan fingerprint density at radius 2 is 1.86 bits per heavy atom. The van der Waals surface area contributed by atoms with E-state index in [0.717, 1.165) is 18.3 Å². The molecule has 1 aromatic heterocycles. The van der Waals surface area contributed by atoms with E-state index in [2.05, 4.69) is 4.90 Å². The van der Waals surface area contributed by atoms with Gasteiger partial charge in [0, 0.05) is 37.9 Å². The molecule has 4 heterocycles. The molecule has 3 saturated heterocycles. The molecule has 0 spiro atoms. The van der Waals surface area contributed by atoms with Crippen LogP contribution in [0.1, 0.15) is 18.9 Å². The van der Waals surface area contributed by atoms with Crippen molar-refractivity contribution in [2.24, 2.45) is 0 Å². The number of hydrogen-bond acceptors (Lipinski definition) is 8. The third-order valence-electron chi connectivity index (χ3n) is 7.72. The van der Waals surface area contributed by atoms with Crippen molar-refractivity contribution >= 4 is 27.0 Å². The molecule has 5 rings (SSSR count). The molecule has 2 aromatic rings. The molecule has 0 saturated carbocycles. The van der Waals surface area contributed by atoms with Crippen LogP contribution in [-0.4, -0.2) is 97.6 Å². The highest BCUT2D eigenvalue weighted by Crippen LogP contribution is 2.39. The molecular formula is C24H30F3N3O5S2. The van der Waals surface area contributed by atoms with Crippen molar-refractivity contribution in [1.29, 1.82) is 0 Å². The fourth-order valence-electron chi connectivity index (χ4n) is 5.51. The Hall–Kier alpha value is -1.74. The molecule has 204 valence electrons. The number of rotatable bonds is 6. The van der Waals surface area contributed by atoms with Crippen LogP contribution in [0, 0.1) is 0 Å². The Bertz CT molecular complexity index is 1190. The van der Waals surface area contributed by atoms with Gasteiger partial charge in [-0.1, -0.05) is 18.2 Å². The number of aliphatic hydroxyl groups excluding tert-OH is 1. The first-order chi connectivity index (χ1) is 17.4. The lowest BCUT2D eigenvalue weighted by Crippen LogP contribution is -2.61. The number of sulfonamides is 1. The van der Waals surface area contributed by atoms with Crippen LogP contribution >= 0.6 is 11.3 Å². The van der Waals surface area contributed by atoms with E-state index in [9.17, 15) is 31.8 Å². The molecule has 0 unspecified atom stereocenters. The van der Waals surface area contributed by atoms with E-state index in [1.165, 1.54) is 28.6 Å². The van der Waals surface area contributed by atoms with Gasteiger partial charge in [0.25, 0.3) is 10.0 Å². The number of nitrogens with zero attached hydrogens (tertiary/aromatic N) is 3. The van der Waals surface area contributed by atoms with Gasteiger partial charge in [-0.05, 0) is 42.5 Å². The van der Waals surface area contributed by atoms with Gasteiger partial charge in [-0.3, -0.25) is 4.90 Å². The Balaban J connectivity index is 1.43. The third kappa shape index (κ3) is 4.90. The molecule has 3 fully saturated rings. The first kappa shape index (κ1) is 26.9. The molecule has 3 aliphatic heterocycles. The van der Waals surface area contributed by atoms with Gasteiger partial charge >= 0.3 is 6.18 Å². The van der Waals surface area contributed by atoms with Crippen molar-refractivity contribution < 1.29 is 36.5 Å². The van der Waals surface area contributed by atoms with Gasteiger partial charge in [0.1, 0.15) is 4.21 Å². The summed E-state index contributed by atoms with van der Waals surface area (Å²) >= 11 is 1.16. The number of thiophene rings is 1. The van der Waals surface area contributed by atoms with Crippen molar-refractivity contribution in [2.75, 3.05) is 44.3 Å². The standard InChI is InChI=1S/C24H30F3N3O5S2/c1-23(32,24(25,26)27)16-4-6-17(7-5-16)29-9-8-28(37(33,34)22-3-2-10-36-22)12-19(29)13-30-18-11-21(31)20(30)15-35-14-18/h2-7,10,18-21,31-32H,8-9,11-15H2,1H3/t18-,19+,20-,21-,23-/m0/s1. The van der Waals surface area contributed by atoms with Gasteiger partial charge in [-0.15, -0.1) is 11.3 Å². The molecule has 0 amide bonds. The summed E-state index contributed by atoms with van der Waals surface area (Å²) in [4.78, 5) is 4.18. The highest BCUT2D eigenvalue weighted by molar-refractivity contribution is 7.91. The number of aliphatic hydroxyl groups is 2. The summed E-state index contributed by atoms with van der Waals surface area (Å²) in [5, 5.41) is 22.3. The average Bonchev–Trinajstić information content (AvgIpc) is 3.44. The zero-order valence-electron chi connectivity index (χ0n) is 20.2. The molecular weight excluding hydrogens is 531 g/mol. The predicted molar refractivity (Wildman–Crippen MR) is 132 cm³/mol. The second-order valence-electron chi connectivity index (χ2n) is 10.0. The number of anilines is 1. The van der Waals surface area contributed by atoms with E-state index < -0.39 is 27.9 Å². The summed E-state index contributed by atoms with van der Waals surface area (Å²) in [5.41, 5.74) is -2.61. The minimum Gasteiger partial charge on any atom is -0.391 e. The van der Waals surface area contributed by atoms with Crippen molar-refractivity contribution in [2.45, 2.75) is 53.6 Å². The van der Waals surface area contributed by atoms with Crippen LogP contribution in [-0.2, 0) is 20.4 Å². The van der Waals surface area contributed by atoms with Gasteiger partial charge in [-0.25, -0.2) is 8.42 Å². The van der Waals surface area contributed by atoms with E-state index >= 15 is 0 Å². The average molecular weight is 562 g/mol. The highest BCUT2D eigenvalue weighted by atomic mass is 32.2. The van der Waals surface area contributed by atoms with Gasteiger partial charge in [0.05, 0.1) is 31.4 Å². The smallest absolute Gasteiger partial charge is 0.391 e. The molecule has 8 nitrogen and oxygen atoms in total. The van der Waals surface area contributed by atoms with Gasteiger partial charge < -0.3 is 19.8 Å². The van der Waals surface area contributed by atoms with Crippen LogP contribution < -0.4 is 4.90 Å². The van der Waals surface area contributed by atoms with Crippen LogP contribution in [0.3, 0.4) is 0 Å². The molecule has 2 N–H and O–H groups in total. The van der Waals surface area contributed by atoms with Crippen molar-refractivity contribution in [1.82, 2.24) is 9.21 Å². The zero-order chi connectivity index (χ0) is 26.6. The number of morpholine rings is 1. The fourth-order valence-corrected chi connectivity index (χ4v) is 8.12. The summed E-state index contributed by atoms with van der Waals surface area (Å²) in [6.45, 7) is 2.81. The van der Waals surface area contributed by atoms with E-state index in [-0.39, 0.29) is 41.0 Å². The van der Waals surface area contributed by atoms with E-state index in [1.807, 2.05) is 4.90 Å². The number of alkyl halides is 3. The third-order valence-corrected chi connectivity index (χ3v) is 11.0. The lowest BCUT2D eigenvalue weighted by molar-refractivity contribution is -0.258. The number of halogens is 3. The maximum atomic E-state index is 13.3. The Morgan fingerprint density at radius 1 is 1.14 bits per heavy atom. The molecule has 5 atom stereocenters. The topological polar surface area (TPSA) is 93.6 Å². The first-order valence-electron chi connectivity index (χ1n) is 12.1. The van der Waals surface area contributed by atoms with E-state index in [1.54, 1.807) is 17.5 Å². The molecule has 3 aliphatic rings. The van der Waals surface area contributed by atoms with Crippen LogP contribution in [0.5, 0.6) is 0 Å². The molecule has 2 bridgehead atoms. The number of hydrogen-bond donors (Lipinski definition) is 2. The number of benzene rings is 1. The van der Waals surface area contributed by atoms with Crippen molar-refractivity contribution in [3.63, 3.8) is 0 Å². The second-order valence-corrected chi connectivity index (χ2v) is 13.1. The largest absolute Gasteiger partial charge is 0.421 e. The SMILES string of the molecule is C[C@](O)(c1ccc(N2CCN(S(=O)(=O)c3cccs3)C[C@@H]2CN2[C@@H]3COC[C@H]2[C@@H](O)C3)cc1)C(F)(F)F. The number of fused-ring (bicyclic) bond motifs is 2. The van der Waals surface area contributed by atoms with Gasteiger partial charge in [-0.2, -0.15) is 17.5 Å². The van der Waals surface area contributed by atoms with E-state index in [0.29, 0.717) is 38.4 Å². The predicted octanol–water partition coefficient (Wildman–Crippen LogP) is 2.23. The summed E-state index contributed by atoms with van der Waals surface area (Å²) in [5.74, 6) is 0. The van der Waals surface area contributed by atoms with Crippen LogP contribution in [0.2, 0.25) is 0 Å². The normalized spacial score (nSPS) is 29.4. The summed E-state index contributed by atoms with van der Waals surface area (Å²) in [7, 11) is -3.69. The Morgan fingerprint density at radius 3 is 2.49 bits per heavy atom. The molecule has 13 heteroatoms. The minimum atomic E-state index is -4.82.